The Morgan fingerprint density at radius 3 is 2.65 bits per heavy atom. The van der Waals surface area contributed by atoms with E-state index in [0.717, 1.165) is 67.3 Å². The summed E-state index contributed by atoms with van der Waals surface area (Å²) >= 11 is 0. The quantitative estimate of drug-likeness (QED) is 0.298. The van der Waals surface area contributed by atoms with Gasteiger partial charge in [0.1, 0.15) is 11.7 Å². The highest BCUT2D eigenvalue weighted by Gasteiger charge is 2.80. The van der Waals surface area contributed by atoms with Gasteiger partial charge in [0.05, 0.1) is 13.5 Å². The maximum absolute atomic E-state index is 13.6. The zero-order chi connectivity index (χ0) is 31.4. The van der Waals surface area contributed by atoms with E-state index in [1.807, 2.05) is 13.2 Å². The van der Waals surface area contributed by atoms with E-state index in [1.165, 1.54) is 47.2 Å². The molecule has 6 nitrogen and oxygen atoms in total. The smallest absolute Gasteiger partial charge is 0.228 e. The van der Waals surface area contributed by atoms with Crippen molar-refractivity contribution in [3.63, 3.8) is 0 Å². The first-order valence-electron chi connectivity index (χ1n) is 17.4. The Labute approximate surface area is 272 Å². The van der Waals surface area contributed by atoms with E-state index in [9.17, 15) is 4.79 Å². The van der Waals surface area contributed by atoms with Crippen LogP contribution < -0.4 is 14.8 Å². The van der Waals surface area contributed by atoms with Gasteiger partial charge in [-0.15, -0.1) is 0 Å². The van der Waals surface area contributed by atoms with Gasteiger partial charge in [-0.3, -0.25) is 9.69 Å². The molecule has 240 valence electrons. The highest BCUT2D eigenvalue weighted by atomic mass is 16.6. The Bertz CT molecular complexity index is 1750. The lowest BCUT2D eigenvalue weighted by atomic mass is 9.34. The van der Waals surface area contributed by atoms with Crippen molar-refractivity contribution in [1.29, 1.82) is 0 Å². The summed E-state index contributed by atoms with van der Waals surface area (Å²) in [5.41, 5.74) is 7.90. The largest absolute Gasteiger partial charge is 0.493 e. The minimum Gasteiger partial charge on any atom is -0.493 e. The van der Waals surface area contributed by atoms with E-state index in [4.69, 9.17) is 14.2 Å². The predicted octanol–water partition coefficient (Wildman–Crippen LogP) is 6.89. The molecule has 1 N–H and O–H groups in total. The molecule has 4 bridgehead atoms. The number of aryl methyl sites for hydroxylation is 2. The molecule has 1 saturated heterocycles. The van der Waals surface area contributed by atoms with E-state index in [2.05, 4.69) is 72.6 Å². The van der Waals surface area contributed by atoms with Crippen molar-refractivity contribution < 1.29 is 19.0 Å². The molecule has 1 amide bonds. The molecule has 10 rings (SSSR count). The van der Waals surface area contributed by atoms with Gasteiger partial charge in [-0.05, 0) is 111 Å². The number of carbonyl (C=O) groups is 1. The molecule has 4 saturated carbocycles. The summed E-state index contributed by atoms with van der Waals surface area (Å²) in [6.45, 7) is 6.55. The molecule has 6 atom stereocenters. The average molecular weight is 619 g/mol. The molecule has 3 aromatic carbocycles. The predicted molar refractivity (Wildman–Crippen MR) is 179 cm³/mol. The monoisotopic (exact) mass is 618 g/mol. The minimum atomic E-state index is -0.515. The molecular weight excluding hydrogens is 572 g/mol. The molecule has 6 heteroatoms. The summed E-state index contributed by atoms with van der Waals surface area (Å²) in [5.74, 6) is 2.76. The van der Waals surface area contributed by atoms with Crippen LogP contribution in [-0.4, -0.2) is 55.9 Å². The number of piperidine rings is 1. The normalized spacial score (nSPS) is 33.3. The first-order chi connectivity index (χ1) is 22.3. The van der Waals surface area contributed by atoms with Crippen LogP contribution in [0, 0.1) is 25.2 Å². The number of amides is 1. The fraction of sp³-hybridized carbons (Fsp3) is 0.525. The number of nitrogens with one attached hydrogen (secondary N) is 1. The average Bonchev–Trinajstić information content (AvgIpc) is 3.81. The van der Waals surface area contributed by atoms with Crippen LogP contribution in [-0.2, 0) is 27.8 Å². The number of para-hydroxylation sites is 1. The number of carbonyl (C=O) groups excluding carboxylic acids is 1. The van der Waals surface area contributed by atoms with Crippen molar-refractivity contribution in [2.75, 3.05) is 32.6 Å². The first kappa shape index (κ1) is 28.8. The van der Waals surface area contributed by atoms with E-state index < -0.39 is 5.60 Å². The zero-order valence-electron chi connectivity index (χ0n) is 27.7. The summed E-state index contributed by atoms with van der Waals surface area (Å²) < 4.78 is 20.1. The van der Waals surface area contributed by atoms with E-state index in [1.54, 1.807) is 7.11 Å². The number of anilines is 1. The summed E-state index contributed by atoms with van der Waals surface area (Å²) in [6, 6.07) is 19.7. The Morgan fingerprint density at radius 1 is 1.02 bits per heavy atom. The lowest BCUT2D eigenvalue weighted by molar-refractivity contribution is -0.261. The molecule has 3 aromatic rings. The van der Waals surface area contributed by atoms with E-state index in [0.29, 0.717) is 12.5 Å². The van der Waals surface area contributed by atoms with Crippen LogP contribution in [0.15, 0.2) is 54.6 Å². The highest BCUT2D eigenvalue weighted by molar-refractivity contribution is 5.93. The molecule has 2 aliphatic heterocycles. The highest BCUT2D eigenvalue weighted by Crippen LogP contribution is 2.78. The maximum atomic E-state index is 13.6. The first-order valence-corrected chi connectivity index (χ1v) is 17.4. The Morgan fingerprint density at radius 2 is 1.87 bits per heavy atom. The molecule has 5 aliphatic carbocycles. The van der Waals surface area contributed by atoms with Crippen molar-refractivity contribution in [2.24, 2.45) is 11.3 Å². The molecule has 0 radical (unpaired) electrons. The van der Waals surface area contributed by atoms with Gasteiger partial charge in [0.25, 0.3) is 0 Å². The van der Waals surface area contributed by atoms with Crippen LogP contribution in [0.25, 0.3) is 0 Å². The molecule has 0 unspecified atom stereocenters. The number of likely N-dealkylation sites (tertiary alicyclic amines) is 1. The van der Waals surface area contributed by atoms with Gasteiger partial charge < -0.3 is 19.5 Å². The van der Waals surface area contributed by atoms with Crippen LogP contribution in [0.3, 0.4) is 0 Å². The Balaban J connectivity index is 1.14. The minimum absolute atomic E-state index is 0.0156. The number of methoxy groups -OCH3 is 2. The number of fused-ring (bicyclic) bond motifs is 2. The van der Waals surface area contributed by atoms with Crippen LogP contribution in [0.1, 0.15) is 77.8 Å². The van der Waals surface area contributed by atoms with Gasteiger partial charge in [0.2, 0.25) is 5.91 Å². The molecule has 7 aliphatic rings. The van der Waals surface area contributed by atoms with Crippen molar-refractivity contribution in [3.05, 3.63) is 88.0 Å². The molecular formula is C40H46N2O4. The fourth-order valence-corrected chi connectivity index (χ4v) is 11.1. The van der Waals surface area contributed by atoms with Gasteiger partial charge in [-0.25, -0.2) is 0 Å². The second kappa shape index (κ2) is 10.1. The summed E-state index contributed by atoms with van der Waals surface area (Å²) in [6.07, 6.45) is 8.28. The molecule has 5 fully saturated rings. The topological polar surface area (TPSA) is 60.0 Å². The van der Waals surface area contributed by atoms with E-state index in [-0.39, 0.29) is 28.8 Å². The van der Waals surface area contributed by atoms with Crippen molar-refractivity contribution in [1.82, 2.24) is 4.90 Å². The van der Waals surface area contributed by atoms with Gasteiger partial charge in [-0.1, -0.05) is 42.5 Å². The third-order valence-corrected chi connectivity index (χ3v) is 13.4. The van der Waals surface area contributed by atoms with E-state index >= 15 is 0 Å². The summed E-state index contributed by atoms with van der Waals surface area (Å²) in [7, 11) is 3.66. The van der Waals surface area contributed by atoms with Crippen molar-refractivity contribution in [2.45, 2.75) is 94.3 Å². The number of nitrogens with zero attached hydrogens (tertiary/aromatic N) is 1. The second-order valence-corrected chi connectivity index (χ2v) is 15.3. The standard InChI is InChI=1S/C40H46N2O4/c1-24-9-10-27(19-25(24)2)20-34(43)41-31-8-6-5-7-29(31)30-22-38-15-16-40(30,45-4)37-39(38)17-18-42(23-26-11-12-26)33(38)21-28-13-14-32(44-3)36(46-37)35(28)39/h5-10,13-14,19,26,30,33,37H,11-12,15-18,20-23H2,1-4H3,(H,41,43)/t30-,33-,37-,38-,39+,40-/m1/s1. The van der Waals surface area contributed by atoms with Crippen molar-refractivity contribution >= 4 is 11.6 Å². The third-order valence-electron chi connectivity index (χ3n) is 13.4. The van der Waals surface area contributed by atoms with Gasteiger partial charge in [-0.2, -0.15) is 0 Å². The molecule has 2 heterocycles. The fourth-order valence-electron chi connectivity index (χ4n) is 11.1. The number of rotatable bonds is 8. The number of ether oxygens (including phenoxy) is 3. The number of hydrogen-bond acceptors (Lipinski definition) is 5. The Hall–Kier alpha value is -3.35. The number of benzene rings is 3. The SMILES string of the molecule is COc1ccc2c3c1O[C@H]1[C@@]4(OC)CC[C@@]5(C[C@@H]4c4ccccc4NC(=O)Cc4ccc(C)c(C)c4)[C@@H](C2)N(CC2CC2)CC[C@]315. The third kappa shape index (κ3) is 3.74. The lowest BCUT2D eigenvalue weighted by Crippen LogP contribution is -2.80. The van der Waals surface area contributed by atoms with Crippen LogP contribution in [0.4, 0.5) is 5.69 Å². The van der Waals surface area contributed by atoms with Crippen LogP contribution in [0.2, 0.25) is 0 Å². The molecule has 0 aromatic heterocycles. The lowest BCUT2D eigenvalue weighted by Gasteiger charge is -2.74. The maximum Gasteiger partial charge on any atom is 0.228 e. The van der Waals surface area contributed by atoms with Crippen LogP contribution >= 0.6 is 0 Å². The summed E-state index contributed by atoms with van der Waals surface area (Å²) in [5, 5.41) is 3.35. The second-order valence-electron chi connectivity index (χ2n) is 15.3. The zero-order valence-corrected chi connectivity index (χ0v) is 27.7. The van der Waals surface area contributed by atoms with Crippen LogP contribution in [0.5, 0.6) is 11.5 Å². The van der Waals surface area contributed by atoms with Crippen molar-refractivity contribution in [3.8, 4) is 11.5 Å². The summed E-state index contributed by atoms with van der Waals surface area (Å²) in [4.78, 5) is 16.5. The Kier molecular flexibility index (Phi) is 6.32. The number of hydrogen-bond donors (Lipinski definition) is 1. The van der Waals surface area contributed by atoms with Gasteiger partial charge in [0.15, 0.2) is 11.5 Å². The molecule has 46 heavy (non-hydrogen) atoms. The molecule has 2 spiro atoms. The van der Waals surface area contributed by atoms with Gasteiger partial charge in [0, 0.05) is 47.7 Å². The van der Waals surface area contributed by atoms with Gasteiger partial charge >= 0.3 is 0 Å².